The molecule has 0 aromatic heterocycles. The molecule has 10 nitrogen and oxygen atoms in total. The summed E-state index contributed by atoms with van der Waals surface area (Å²) in [5.41, 5.74) is 0.252. The first-order valence-corrected chi connectivity index (χ1v) is 12.8. The Kier molecular flexibility index (Phi) is 9.17. The van der Waals surface area contributed by atoms with Crippen molar-refractivity contribution in [3.63, 3.8) is 0 Å². The lowest BCUT2D eigenvalue weighted by Crippen LogP contribution is -2.58. The second kappa shape index (κ2) is 12.0. The molecular formula is C28H34O10-2. The third-order valence-electron chi connectivity index (χ3n) is 8.28. The average Bonchev–Trinajstić information content (AvgIpc) is 3.26. The Hall–Kier alpha value is -3.43. The molecular weight excluding hydrogens is 496 g/mol. The highest BCUT2D eigenvalue weighted by molar-refractivity contribution is 5.93. The van der Waals surface area contributed by atoms with Crippen molar-refractivity contribution in [2.24, 2.45) is 22.7 Å². The van der Waals surface area contributed by atoms with Crippen molar-refractivity contribution >= 4 is 29.8 Å². The lowest BCUT2D eigenvalue weighted by Gasteiger charge is -2.60. The quantitative estimate of drug-likeness (QED) is 0.214. The summed E-state index contributed by atoms with van der Waals surface area (Å²) in [5, 5.41) is 21.6. The Morgan fingerprint density at radius 1 is 1.08 bits per heavy atom. The molecule has 3 aliphatic rings. The van der Waals surface area contributed by atoms with Crippen LogP contribution in [0, 0.1) is 22.7 Å². The highest BCUT2D eigenvalue weighted by Crippen LogP contribution is 2.62. The molecule has 0 amide bonds. The highest BCUT2D eigenvalue weighted by atomic mass is 16.6. The van der Waals surface area contributed by atoms with Crippen molar-refractivity contribution in [2.45, 2.75) is 71.3 Å². The minimum absolute atomic E-state index is 0.110. The van der Waals surface area contributed by atoms with Crippen LogP contribution < -0.4 is 10.2 Å². The lowest BCUT2D eigenvalue weighted by molar-refractivity contribution is -0.307. The van der Waals surface area contributed by atoms with E-state index in [2.05, 4.69) is 13.5 Å². The van der Waals surface area contributed by atoms with Crippen LogP contribution in [-0.2, 0) is 38.2 Å². The summed E-state index contributed by atoms with van der Waals surface area (Å²) in [4.78, 5) is 58.3. The van der Waals surface area contributed by atoms with Gasteiger partial charge in [0.2, 0.25) is 0 Å². The van der Waals surface area contributed by atoms with Gasteiger partial charge >= 0.3 is 17.9 Å². The monoisotopic (exact) mass is 530 g/mol. The van der Waals surface area contributed by atoms with Gasteiger partial charge in [-0.25, -0.2) is 4.79 Å². The molecule has 2 aliphatic carbocycles. The van der Waals surface area contributed by atoms with Crippen molar-refractivity contribution in [1.29, 1.82) is 0 Å². The van der Waals surface area contributed by atoms with E-state index in [0.717, 1.165) is 5.57 Å². The predicted octanol–water partition coefficient (Wildman–Crippen LogP) is 0.930. The molecule has 0 aromatic rings. The summed E-state index contributed by atoms with van der Waals surface area (Å²) in [6, 6.07) is 0. The van der Waals surface area contributed by atoms with Gasteiger partial charge in [0.05, 0.1) is 18.4 Å². The molecule has 2 fully saturated rings. The summed E-state index contributed by atoms with van der Waals surface area (Å²) >= 11 is 0. The molecule has 1 heterocycles. The number of carboxylic acids is 2. The van der Waals surface area contributed by atoms with Gasteiger partial charge in [-0.3, -0.25) is 9.59 Å². The number of rotatable bonds is 11. The molecule has 0 spiro atoms. The van der Waals surface area contributed by atoms with E-state index in [4.69, 9.17) is 14.2 Å². The first-order chi connectivity index (χ1) is 17.9. The van der Waals surface area contributed by atoms with E-state index < -0.39 is 48.2 Å². The number of ether oxygens (including phenoxy) is 3. The third-order valence-corrected chi connectivity index (χ3v) is 8.28. The van der Waals surface area contributed by atoms with Crippen LogP contribution in [0.1, 0.15) is 65.2 Å². The number of esters is 3. The fourth-order valence-electron chi connectivity index (χ4n) is 6.29. The number of carbonyl (C=O) groups excluding carboxylic acids is 5. The number of allylic oxidation sites excluding steroid dienone is 2. The van der Waals surface area contributed by atoms with Gasteiger partial charge in [0, 0.05) is 23.3 Å². The maximum absolute atomic E-state index is 12.5. The summed E-state index contributed by atoms with van der Waals surface area (Å²) in [6.07, 6.45) is 5.57. The number of hydrogen-bond acceptors (Lipinski definition) is 10. The van der Waals surface area contributed by atoms with Crippen LogP contribution in [0.3, 0.4) is 0 Å². The molecule has 0 saturated heterocycles. The van der Waals surface area contributed by atoms with Gasteiger partial charge in [0.1, 0.15) is 19.3 Å². The second-order valence-corrected chi connectivity index (χ2v) is 10.8. The summed E-state index contributed by atoms with van der Waals surface area (Å²) in [6.45, 7) is 8.40. The predicted molar refractivity (Wildman–Crippen MR) is 128 cm³/mol. The van der Waals surface area contributed by atoms with Gasteiger partial charge in [-0.05, 0) is 55.9 Å². The molecule has 0 bridgehead atoms. The van der Waals surface area contributed by atoms with Crippen LogP contribution >= 0.6 is 0 Å². The summed E-state index contributed by atoms with van der Waals surface area (Å²) in [5.74, 6) is -4.71. The maximum atomic E-state index is 12.5. The fourth-order valence-corrected chi connectivity index (χ4v) is 6.29. The molecule has 0 unspecified atom stereocenters. The molecule has 38 heavy (non-hydrogen) atoms. The smallest absolute Gasteiger partial charge is 0.338 e. The van der Waals surface area contributed by atoms with Crippen molar-refractivity contribution in [3.05, 3.63) is 36.0 Å². The topological polar surface area (TPSA) is 159 Å². The van der Waals surface area contributed by atoms with Crippen LogP contribution in [0.2, 0.25) is 0 Å². The van der Waals surface area contributed by atoms with Crippen LogP contribution in [-0.4, -0.2) is 49.2 Å². The zero-order chi connectivity index (χ0) is 28.1. The Morgan fingerprint density at radius 2 is 1.74 bits per heavy atom. The van der Waals surface area contributed by atoms with E-state index in [-0.39, 0.29) is 49.3 Å². The van der Waals surface area contributed by atoms with Crippen LogP contribution in [0.15, 0.2) is 36.0 Å². The van der Waals surface area contributed by atoms with Crippen molar-refractivity contribution in [1.82, 2.24) is 0 Å². The molecule has 0 aromatic carbocycles. The maximum Gasteiger partial charge on any atom is 0.338 e. The first-order valence-electron chi connectivity index (χ1n) is 12.8. The highest BCUT2D eigenvalue weighted by Gasteiger charge is 2.59. The molecule has 10 heteroatoms. The van der Waals surface area contributed by atoms with Gasteiger partial charge in [0.15, 0.2) is 0 Å². The molecule has 2 saturated carbocycles. The Morgan fingerprint density at radius 3 is 2.34 bits per heavy atom. The summed E-state index contributed by atoms with van der Waals surface area (Å²) in [7, 11) is 0. The van der Waals surface area contributed by atoms with E-state index in [1.54, 1.807) is 12.2 Å². The number of fused-ring (bicyclic) bond motifs is 1. The first kappa shape index (κ1) is 29.1. The lowest BCUT2D eigenvalue weighted by atomic mass is 9.46. The molecule has 0 radical (unpaired) electrons. The number of carboxylic acid groups (broad SMARTS) is 2. The van der Waals surface area contributed by atoms with E-state index in [9.17, 15) is 34.2 Å². The van der Waals surface area contributed by atoms with Crippen LogP contribution in [0.5, 0.6) is 0 Å². The van der Waals surface area contributed by atoms with Crippen molar-refractivity contribution < 1.29 is 48.4 Å². The SMILES string of the molecule is C=C1CC[C@@H]2[C@](C)(COC(=O)CCC(=O)[O-])[C@H](OC(=O)CCC(=O)[O-])CC[C@@]2(C)[C@@H]1/C=C/C1=CCOC1=O. The van der Waals surface area contributed by atoms with Gasteiger partial charge < -0.3 is 34.0 Å². The van der Waals surface area contributed by atoms with Crippen LogP contribution in [0.4, 0.5) is 0 Å². The van der Waals surface area contributed by atoms with E-state index in [1.807, 2.05) is 13.0 Å². The zero-order valence-corrected chi connectivity index (χ0v) is 21.8. The molecule has 0 N–H and O–H groups in total. The Bertz CT molecular complexity index is 1060. The number of carbonyl (C=O) groups is 5. The van der Waals surface area contributed by atoms with Gasteiger partial charge in [-0.1, -0.05) is 38.2 Å². The second-order valence-electron chi connectivity index (χ2n) is 10.8. The third kappa shape index (κ3) is 6.52. The van der Waals surface area contributed by atoms with Gasteiger partial charge in [-0.15, -0.1) is 0 Å². The van der Waals surface area contributed by atoms with Crippen LogP contribution in [0.25, 0.3) is 0 Å². The molecule has 1 aliphatic heterocycles. The van der Waals surface area contributed by atoms with E-state index in [0.29, 0.717) is 31.3 Å². The van der Waals surface area contributed by atoms with E-state index in [1.165, 1.54) is 0 Å². The molecule has 5 atom stereocenters. The Labute approximate surface area is 221 Å². The van der Waals surface area contributed by atoms with Gasteiger partial charge in [-0.2, -0.15) is 0 Å². The van der Waals surface area contributed by atoms with E-state index >= 15 is 0 Å². The molecule has 3 rings (SSSR count). The van der Waals surface area contributed by atoms with Gasteiger partial charge in [0.25, 0.3) is 0 Å². The normalized spacial score (nSPS) is 30.8. The largest absolute Gasteiger partial charge is 0.550 e. The van der Waals surface area contributed by atoms with Crippen molar-refractivity contribution in [2.75, 3.05) is 13.2 Å². The zero-order valence-electron chi connectivity index (χ0n) is 21.8. The average molecular weight is 531 g/mol. The minimum Gasteiger partial charge on any atom is -0.550 e. The standard InChI is InChI=1S/C28H36O10/c1-17-4-7-20-27(2,19(17)6-5-18-13-15-36-26(18)35)14-12-21(38-25(34)11-9-23(31)32)28(20,3)16-37-24(33)10-8-22(29)30/h5-6,13,19-21H,1,4,7-12,14-16H2,2-3H3,(H,29,30)(H,31,32)/p-2/b6-5+/t19-,20+,21-,27+,28+/m1/s1. The number of cyclic esters (lactones) is 1. The van der Waals surface area contributed by atoms with Crippen molar-refractivity contribution in [3.8, 4) is 0 Å². The molecule has 208 valence electrons. The Balaban J connectivity index is 1.88. The minimum atomic E-state index is -1.36. The fraction of sp³-hybridized carbons (Fsp3) is 0.607. The number of hydrogen-bond donors (Lipinski definition) is 0. The summed E-state index contributed by atoms with van der Waals surface area (Å²) < 4.78 is 16.3. The number of aliphatic carboxylic acids is 2.